The fraction of sp³-hybridized carbons (Fsp3) is 0.156. The fourth-order valence-electron chi connectivity index (χ4n) is 27.8. The Balaban J connectivity index is 0.000000135. The lowest BCUT2D eigenvalue weighted by atomic mass is 9.42. The molecule has 4 nitrogen and oxygen atoms in total. The third-order valence-electron chi connectivity index (χ3n) is 32.7. The van der Waals surface area contributed by atoms with Crippen molar-refractivity contribution in [3.63, 3.8) is 0 Å². The zero-order valence-electron chi connectivity index (χ0n) is 74.0. The van der Waals surface area contributed by atoms with Crippen LogP contribution in [0.3, 0.4) is 0 Å². The maximum atomic E-state index is 2.56. The van der Waals surface area contributed by atoms with Gasteiger partial charge in [0.05, 0.1) is 22.1 Å². The summed E-state index contributed by atoms with van der Waals surface area (Å²) in [6.07, 6.45) is 14.1. The van der Waals surface area contributed by atoms with Crippen LogP contribution in [0.15, 0.2) is 437 Å². The maximum absolute atomic E-state index is 2.56. The molecule has 8 bridgehead atoms. The first-order valence-electron chi connectivity index (χ1n) is 48.3. The number of benzene rings is 18. The third kappa shape index (κ3) is 12.2. The lowest BCUT2D eigenvalue weighted by Crippen LogP contribution is -2.55. The van der Waals surface area contributed by atoms with Gasteiger partial charge in [-0.3, -0.25) is 0 Å². The first-order valence-corrected chi connectivity index (χ1v) is 48.3. The van der Waals surface area contributed by atoms with Crippen LogP contribution >= 0.6 is 0 Å². The van der Waals surface area contributed by atoms with Gasteiger partial charge in [0.15, 0.2) is 0 Å². The Labute approximate surface area is 773 Å². The molecule has 0 saturated heterocycles. The third-order valence-corrected chi connectivity index (χ3v) is 32.7. The summed E-state index contributed by atoms with van der Waals surface area (Å²) in [6, 6.07) is 163. The van der Waals surface area contributed by atoms with Crippen molar-refractivity contribution < 1.29 is 0 Å². The van der Waals surface area contributed by atoms with Crippen LogP contribution in [0.4, 0.5) is 34.1 Å². The lowest BCUT2D eigenvalue weighted by molar-refractivity contribution is -0.0399. The standard InChI is InChI=1S/2C64H50N2/c1-4-13-44(14-5-1)46-23-28-52(29-24-46)65(53-30-25-47(26-31-53)45-15-6-2-7-16-45)54-32-34-61-59(41-54)57-33-27-48(40-62(57)66(61)51-17-8-3-9-18-51)55-20-12-21-58-56-19-10-11-22-60(56)64(63(55)58)49-36-42-35-43(38-49)39-50(64)37-42;1-4-12-44(13-5-1)46-20-26-53(27-21-46)65(54-28-22-47(23-29-54)45-14-6-2-7-15-45)55-30-33-63-59(41-55)58-40-49(25-32-62(58)66(63)52-16-8-3-9-17-52)48-24-31-61-57(39-48)56-18-10-11-19-60(56)64(61)50-35-42-34-43(37-50)38-51(64)36-42/h1-34,40-43,49-50H,35-39H2;1-33,39-43,50-51H,34-38H2. The predicted octanol–water partition coefficient (Wildman–Crippen LogP) is 34.0. The summed E-state index contributed by atoms with van der Waals surface area (Å²) < 4.78 is 4.95. The van der Waals surface area contributed by atoms with Crippen molar-refractivity contribution in [2.75, 3.05) is 9.80 Å². The fourth-order valence-corrected chi connectivity index (χ4v) is 27.8. The summed E-state index contributed by atoms with van der Waals surface area (Å²) in [5.41, 5.74) is 41.5. The van der Waals surface area contributed by atoms with Gasteiger partial charge in [-0.05, 0) is 356 Å². The smallest absolute Gasteiger partial charge is 0.0547 e. The van der Waals surface area contributed by atoms with E-state index in [9.17, 15) is 0 Å². The molecule has 0 N–H and O–H groups in total. The summed E-state index contributed by atoms with van der Waals surface area (Å²) in [5.74, 6) is 6.63. The van der Waals surface area contributed by atoms with Crippen molar-refractivity contribution >= 4 is 77.7 Å². The molecular weight excluding hydrogens is 1590 g/mol. The Morgan fingerprint density at radius 3 is 0.932 bits per heavy atom. The van der Waals surface area contributed by atoms with E-state index in [0.717, 1.165) is 75.3 Å². The van der Waals surface area contributed by atoms with Crippen LogP contribution in [0.25, 0.3) is 144 Å². The molecule has 8 fully saturated rings. The quantitative estimate of drug-likeness (QED) is 0.108. The van der Waals surface area contributed by atoms with Gasteiger partial charge >= 0.3 is 0 Å². The molecule has 132 heavy (non-hydrogen) atoms. The zero-order chi connectivity index (χ0) is 86.7. The number of rotatable bonds is 14. The topological polar surface area (TPSA) is 16.3 Å². The lowest BCUT2D eigenvalue weighted by Gasteiger charge is -2.61. The van der Waals surface area contributed by atoms with E-state index < -0.39 is 0 Å². The predicted molar refractivity (Wildman–Crippen MR) is 550 cm³/mol. The number of para-hydroxylation sites is 2. The average Bonchev–Trinajstić information content (AvgIpc) is 1.49. The number of hydrogen-bond donors (Lipinski definition) is 0. The molecule has 2 aromatic heterocycles. The van der Waals surface area contributed by atoms with Gasteiger partial charge in [-0.15, -0.1) is 0 Å². The van der Waals surface area contributed by atoms with E-state index >= 15 is 0 Å². The first-order chi connectivity index (χ1) is 65.4. The van der Waals surface area contributed by atoms with Gasteiger partial charge in [-0.2, -0.15) is 0 Å². The Morgan fingerprint density at radius 2 is 0.485 bits per heavy atom. The molecule has 0 unspecified atom stereocenters. The largest absolute Gasteiger partial charge is 0.310 e. The molecule has 0 aliphatic heterocycles. The van der Waals surface area contributed by atoms with Crippen molar-refractivity contribution in [2.45, 2.75) is 75.0 Å². The van der Waals surface area contributed by atoms with Crippen LogP contribution in [0.1, 0.15) is 86.5 Å². The van der Waals surface area contributed by atoms with E-state index in [2.05, 4.69) is 456 Å². The van der Waals surface area contributed by atoms with Crippen molar-refractivity contribution in [1.82, 2.24) is 9.13 Å². The van der Waals surface area contributed by atoms with E-state index in [1.165, 1.54) is 203 Å². The summed E-state index contributed by atoms with van der Waals surface area (Å²) in [5, 5.41) is 5.00. The van der Waals surface area contributed by atoms with Gasteiger partial charge in [0.25, 0.3) is 0 Å². The van der Waals surface area contributed by atoms with Crippen LogP contribution in [0, 0.1) is 47.3 Å². The second-order valence-corrected chi connectivity index (χ2v) is 39.5. The molecule has 0 atom stereocenters. The molecule has 2 heterocycles. The SMILES string of the molecule is c1ccc(-c2ccc(N(c3ccc(-c4ccccc4)cc3)c3ccc4c(c3)c3cc(-c5ccc6c(c5)-c5ccccc5C65C6CC7CC(C6)CC5C7)ccc3n4-c3ccccc3)cc2)cc1.c1ccc(-c2ccc(N(c3ccc(-c4ccccc4)cc3)c3ccc4c(c3)c3ccc(-c5cccc6c5C5(c7ccccc7-6)C6CC7CC(C6)CC5C7)cc3n4-c3ccccc3)cc2)cc1. The van der Waals surface area contributed by atoms with Crippen molar-refractivity contribution in [2.24, 2.45) is 47.3 Å². The molecular formula is C128H100N4. The number of hydrogen-bond acceptors (Lipinski definition) is 2. The van der Waals surface area contributed by atoms with Crippen LogP contribution in [0.2, 0.25) is 0 Å². The number of fused-ring (bicyclic) bond motifs is 12. The van der Waals surface area contributed by atoms with Crippen molar-refractivity contribution in [3.8, 4) is 100 Å². The van der Waals surface area contributed by atoms with E-state index in [-0.39, 0.29) is 10.8 Å². The van der Waals surface area contributed by atoms with Gasteiger partial charge in [0, 0.05) is 77.9 Å². The Hall–Kier alpha value is -14.8. The van der Waals surface area contributed by atoms with Gasteiger partial charge in [-0.25, -0.2) is 0 Å². The monoisotopic (exact) mass is 1690 g/mol. The van der Waals surface area contributed by atoms with Gasteiger partial charge in [-0.1, -0.05) is 303 Å². The van der Waals surface area contributed by atoms with Gasteiger partial charge in [0.2, 0.25) is 0 Å². The molecule has 0 amide bonds. The molecule has 2 spiro atoms. The number of aromatic nitrogens is 2. The van der Waals surface area contributed by atoms with Crippen LogP contribution in [-0.2, 0) is 10.8 Å². The first kappa shape index (κ1) is 77.1. The average molecular weight is 1690 g/mol. The van der Waals surface area contributed by atoms with E-state index in [1.54, 1.807) is 22.3 Å². The van der Waals surface area contributed by atoms with Gasteiger partial charge in [0.1, 0.15) is 0 Å². The second kappa shape index (κ2) is 30.9. The number of nitrogens with zero attached hydrogens (tertiary/aromatic N) is 4. The molecule has 8 saturated carbocycles. The van der Waals surface area contributed by atoms with Crippen molar-refractivity contribution in [3.05, 3.63) is 459 Å². The van der Waals surface area contributed by atoms with Gasteiger partial charge < -0.3 is 18.9 Å². The highest BCUT2D eigenvalue weighted by molar-refractivity contribution is 6.14. The highest BCUT2D eigenvalue weighted by Gasteiger charge is 2.64. The molecule has 30 rings (SSSR count). The summed E-state index contributed by atoms with van der Waals surface area (Å²) in [4.78, 5) is 4.83. The molecule has 632 valence electrons. The Kier molecular flexibility index (Phi) is 18.1. The van der Waals surface area contributed by atoms with E-state index in [0.29, 0.717) is 11.8 Å². The minimum absolute atomic E-state index is 0.0913. The summed E-state index contributed by atoms with van der Waals surface area (Å²) >= 11 is 0. The summed E-state index contributed by atoms with van der Waals surface area (Å²) in [6.45, 7) is 0. The van der Waals surface area contributed by atoms with E-state index in [4.69, 9.17) is 0 Å². The maximum Gasteiger partial charge on any atom is 0.0547 e. The van der Waals surface area contributed by atoms with Crippen molar-refractivity contribution in [1.29, 1.82) is 0 Å². The number of anilines is 6. The molecule has 0 radical (unpaired) electrons. The molecule has 4 heteroatoms. The second-order valence-electron chi connectivity index (χ2n) is 39.5. The highest BCUT2D eigenvalue weighted by Crippen LogP contribution is 2.72. The van der Waals surface area contributed by atoms with E-state index in [1.807, 2.05) is 0 Å². The Morgan fingerprint density at radius 1 is 0.182 bits per heavy atom. The van der Waals surface area contributed by atoms with Crippen LogP contribution in [-0.4, -0.2) is 9.13 Å². The molecule has 10 aliphatic rings. The summed E-state index contributed by atoms with van der Waals surface area (Å²) in [7, 11) is 0. The van der Waals surface area contributed by atoms with Crippen LogP contribution in [0.5, 0.6) is 0 Å². The molecule has 18 aromatic carbocycles. The highest BCUT2D eigenvalue weighted by atomic mass is 15.2. The Bertz CT molecular complexity index is 7630. The zero-order valence-corrected chi connectivity index (χ0v) is 74.0. The molecule has 20 aromatic rings. The minimum Gasteiger partial charge on any atom is -0.310 e. The normalized spacial score (nSPS) is 21.1. The molecule has 10 aliphatic carbocycles. The minimum atomic E-state index is 0.0913. The van der Waals surface area contributed by atoms with Crippen LogP contribution < -0.4 is 9.80 Å².